The average molecular weight is 433 g/mol. The molecule has 3 heterocycles. The van der Waals surface area contributed by atoms with E-state index in [0.717, 1.165) is 37.1 Å². The van der Waals surface area contributed by atoms with Crippen molar-refractivity contribution in [2.24, 2.45) is 4.99 Å². The van der Waals surface area contributed by atoms with E-state index >= 15 is 0 Å². The normalized spacial score (nSPS) is 19.8. The third kappa shape index (κ3) is 4.69. The fourth-order valence-electron chi connectivity index (χ4n) is 4.60. The van der Waals surface area contributed by atoms with Gasteiger partial charge in [0, 0.05) is 37.8 Å². The van der Waals surface area contributed by atoms with Gasteiger partial charge >= 0.3 is 0 Å². The summed E-state index contributed by atoms with van der Waals surface area (Å²) < 4.78 is 0. The molecule has 0 aliphatic carbocycles. The first-order valence-corrected chi connectivity index (χ1v) is 11.6. The Hall–Kier alpha value is -3.15. The highest BCUT2D eigenvalue weighted by molar-refractivity contribution is 5.97. The summed E-state index contributed by atoms with van der Waals surface area (Å²) in [5.74, 6) is 0.948. The van der Waals surface area contributed by atoms with Crippen LogP contribution in [-0.4, -0.2) is 51.3 Å². The first-order valence-electron chi connectivity index (χ1n) is 11.6. The molecule has 0 saturated carbocycles. The van der Waals surface area contributed by atoms with Crippen LogP contribution in [0, 0.1) is 0 Å². The molecule has 0 radical (unpaired) electrons. The predicted molar refractivity (Wildman–Crippen MR) is 126 cm³/mol. The van der Waals surface area contributed by atoms with Crippen LogP contribution >= 0.6 is 0 Å². The van der Waals surface area contributed by atoms with Crippen molar-refractivity contribution in [1.29, 1.82) is 0 Å². The number of benzene rings is 1. The van der Waals surface area contributed by atoms with E-state index in [1.54, 1.807) is 12.4 Å². The van der Waals surface area contributed by atoms with Crippen LogP contribution in [0.3, 0.4) is 0 Å². The summed E-state index contributed by atoms with van der Waals surface area (Å²) in [6, 6.07) is 14.4. The number of carbonyl (C=O) groups is 1. The van der Waals surface area contributed by atoms with Gasteiger partial charge in [0.05, 0.1) is 18.2 Å². The van der Waals surface area contributed by atoms with Crippen LogP contribution in [0.5, 0.6) is 0 Å². The second-order valence-corrected chi connectivity index (χ2v) is 8.67. The van der Waals surface area contributed by atoms with Crippen molar-refractivity contribution >= 4 is 11.7 Å². The molecule has 168 valence electrons. The zero-order valence-electron chi connectivity index (χ0n) is 18.9. The lowest BCUT2D eigenvalue weighted by atomic mass is 9.99. The second kappa shape index (κ2) is 9.98. The Labute approximate surface area is 190 Å². The number of unbranched alkanes of at least 4 members (excludes halogenated alkanes) is 1. The number of amides is 1. The van der Waals surface area contributed by atoms with Gasteiger partial charge in [-0.3, -0.25) is 9.78 Å². The SMILES string of the molecule is CCCCC1=NC(O)=C(C(=O)N2CC[C@H](c3ccccc3)C2)CN1C(C)c1ccncc1. The fourth-order valence-corrected chi connectivity index (χ4v) is 4.60. The molecule has 1 aromatic heterocycles. The van der Waals surface area contributed by atoms with Gasteiger partial charge in [0.2, 0.25) is 5.88 Å². The Bertz CT molecular complexity index is 987. The van der Waals surface area contributed by atoms with Crippen molar-refractivity contribution in [2.75, 3.05) is 19.6 Å². The number of rotatable bonds is 7. The quantitative estimate of drug-likeness (QED) is 0.680. The monoisotopic (exact) mass is 432 g/mol. The van der Waals surface area contributed by atoms with Gasteiger partial charge in [-0.25, -0.2) is 4.99 Å². The number of carbonyl (C=O) groups excluding carboxylic acids is 1. The topological polar surface area (TPSA) is 69.0 Å². The zero-order valence-corrected chi connectivity index (χ0v) is 18.9. The Morgan fingerprint density at radius 3 is 2.66 bits per heavy atom. The molecule has 4 rings (SSSR count). The van der Waals surface area contributed by atoms with Crippen LogP contribution < -0.4 is 0 Å². The molecule has 2 aliphatic heterocycles. The molecular formula is C26H32N4O2. The lowest BCUT2D eigenvalue weighted by molar-refractivity contribution is -0.126. The standard InChI is InChI=1S/C26H32N4O2/c1-3-4-10-24-28-25(31)23(18-30(24)19(2)20-11-14-27-15-12-20)26(32)29-16-13-22(17-29)21-8-6-5-7-9-21/h5-9,11-12,14-15,19,22,31H,3-4,10,13,16-18H2,1-2H3/t19?,22-/m0/s1. The van der Waals surface area contributed by atoms with Crippen LogP contribution in [0.1, 0.15) is 62.6 Å². The zero-order chi connectivity index (χ0) is 22.5. The summed E-state index contributed by atoms with van der Waals surface area (Å²) in [5, 5.41) is 10.7. The van der Waals surface area contributed by atoms with Crippen molar-refractivity contribution in [1.82, 2.24) is 14.8 Å². The lowest BCUT2D eigenvalue weighted by Gasteiger charge is -2.36. The van der Waals surface area contributed by atoms with Crippen LogP contribution in [0.2, 0.25) is 0 Å². The first kappa shape index (κ1) is 22.1. The number of hydrogen-bond acceptors (Lipinski definition) is 5. The Balaban J connectivity index is 1.55. The summed E-state index contributed by atoms with van der Waals surface area (Å²) >= 11 is 0. The number of nitrogens with zero attached hydrogens (tertiary/aromatic N) is 4. The number of hydrogen-bond donors (Lipinski definition) is 1. The summed E-state index contributed by atoms with van der Waals surface area (Å²) in [6.45, 7) is 5.99. The molecule has 6 heteroatoms. The van der Waals surface area contributed by atoms with E-state index in [-0.39, 0.29) is 17.8 Å². The number of aromatic nitrogens is 1. The Kier molecular flexibility index (Phi) is 6.88. The Morgan fingerprint density at radius 2 is 1.94 bits per heavy atom. The maximum absolute atomic E-state index is 13.4. The summed E-state index contributed by atoms with van der Waals surface area (Å²) in [5.41, 5.74) is 2.76. The minimum absolute atomic E-state index is 0.0279. The van der Waals surface area contributed by atoms with Crippen LogP contribution in [0.25, 0.3) is 0 Å². The second-order valence-electron chi connectivity index (χ2n) is 8.67. The van der Waals surface area contributed by atoms with Crippen molar-refractivity contribution in [3.8, 4) is 0 Å². The molecule has 2 atom stereocenters. The van der Waals surface area contributed by atoms with Gasteiger partial charge in [0.15, 0.2) is 0 Å². The van der Waals surface area contributed by atoms with E-state index in [1.807, 2.05) is 35.2 Å². The number of aliphatic hydroxyl groups excluding tert-OH is 1. The van der Waals surface area contributed by atoms with Gasteiger partial charge < -0.3 is 14.9 Å². The van der Waals surface area contributed by atoms with Crippen molar-refractivity contribution in [3.05, 3.63) is 77.4 Å². The highest BCUT2D eigenvalue weighted by Crippen LogP contribution is 2.31. The minimum atomic E-state index is -0.123. The van der Waals surface area contributed by atoms with E-state index in [4.69, 9.17) is 0 Å². The number of likely N-dealkylation sites (tertiary alicyclic amines) is 1. The molecule has 0 bridgehead atoms. The number of aliphatic imine (C=N–C) groups is 1. The molecule has 0 spiro atoms. The molecule has 2 aromatic rings. The van der Waals surface area contributed by atoms with Gasteiger partial charge in [-0.1, -0.05) is 43.7 Å². The van der Waals surface area contributed by atoms with Gasteiger partial charge in [-0.15, -0.1) is 0 Å². The average Bonchev–Trinajstić information content (AvgIpc) is 3.33. The fraction of sp³-hybridized carbons (Fsp3) is 0.423. The summed E-state index contributed by atoms with van der Waals surface area (Å²) in [4.78, 5) is 26.1. The van der Waals surface area contributed by atoms with Crippen molar-refractivity contribution < 1.29 is 9.90 Å². The molecule has 1 aromatic carbocycles. The highest BCUT2D eigenvalue weighted by Gasteiger charge is 2.34. The van der Waals surface area contributed by atoms with Gasteiger partial charge in [-0.05, 0) is 43.0 Å². The molecule has 1 saturated heterocycles. The van der Waals surface area contributed by atoms with Crippen molar-refractivity contribution in [3.63, 3.8) is 0 Å². The minimum Gasteiger partial charge on any atom is -0.493 e. The molecule has 1 fully saturated rings. The van der Waals surface area contributed by atoms with E-state index < -0.39 is 0 Å². The molecule has 2 aliphatic rings. The van der Waals surface area contributed by atoms with E-state index in [0.29, 0.717) is 31.1 Å². The predicted octanol–water partition coefficient (Wildman–Crippen LogP) is 4.83. The molecule has 1 unspecified atom stereocenters. The maximum atomic E-state index is 13.4. The summed E-state index contributed by atoms with van der Waals surface area (Å²) in [6.07, 6.45) is 7.31. The third-order valence-corrected chi connectivity index (χ3v) is 6.58. The summed E-state index contributed by atoms with van der Waals surface area (Å²) in [7, 11) is 0. The van der Waals surface area contributed by atoms with Crippen molar-refractivity contribution in [2.45, 2.75) is 51.5 Å². The molecule has 1 amide bonds. The Morgan fingerprint density at radius 1 is 1.19 bits per heavy atom. The van der Waals surface area contributed by atoms with Gasteiger partial charge in [-0.2, -0.15) is 0 Å². The largest absolute Gasteiger partial charge is 0.493 e. The molecule has 1 N–H and O–H groups in total. The van der Waals surface area contributed by atoms with E-state index in [1.165, 1.54) is 5.56 Å². The number of pyridine rings is 1. The van der Waals surface area contributed by atoms with E-state index in [9.17, 15) is 9.90 Å². The molecule has 32 heavy (non-hydrogen) atoms. The smallest absolute Gasteiger partial charge is 0.257 e. The van der Waals surface area contributed by atoms with Crippen LogP contribution in [0.15, 0.2) is 71.3 Å². The maximum Gasteiger partial charge on any atom is 0.257 e. The molecular weight excluding hydrogens is 400 g/mol. The number of aliphatic hydroxyl groups is 1. The molecule has 6 nitrogen and oxygen atoms in total. The van der Waals surface area contributed by atoms with E-state index in [2.05, 4.69) is 40.9 Å². The highest BCUT2D eigenvalue weighted by atomic mass is 16.3. The van der Waals surface area contributed by atoms with Crippen LogP contribution in [-0.2, 0) is 4.79 Å². The number of amidine groups is 1. The van der Waals surface area contributed by atoms with Gasteiger partial charge in [0.1, 0.15) is 5.84 Å². The lowest BCUT2D eigenvalue weighted by Crippen LogP contribution is -2.42. The third-order valence-electron chi connectivity index (χ3n) is 6.58. The van der Waals surface area contributed by atoms with Gasteiger partial charge in [0.25, 0.3) is 5.91 Å². The first-order chi connectivity index (χ1) is 15.6. The van der Waals surface area contributed by atoms with Crippen LogP contribution in [0.4, 0.5) is 0 Å².